The van der Waals surface area contributed by atoms with Crippen LogP contribution in [0.2, 0.25) is 0 Å². The standard InChI is InChI=1S/C10H18N4O/c1-7-6-14(4-3-5-15-7)10-9(11)12-8(2)13-10/h7H,3-6,11H2,1-2H3,(H,12,13). The van der Waals surface area contributed by atoms with Crippen molar-refractivity contribution in [3.63, 3.8) is 0 Å². The molecule has 3 N–H and O–H groups in total. The lowest BCUT2D eigenvalue weighted by Crippen LogP contribution is -2.30. The lowest BCUT2D eigenvalue weighted by atomic mass is 10.3. The number of nitrogen functional groups attached to an aromatic ring is 1. The molecule has 0 spiro atoms. The van der Waals surface area contributed by atoms with Crippen molar-refractivity contribution in [1.82, 2.24) is 9.97 Å². The number of anilines is 2. The molecule has 1 fully saturated rings. The minimum Gasteiger partial charge on any atom is -0.382 e. The Morgan fingerprint density at radius 3 is 3.07 bits per heavy atom. The van der Waals surface area contributed by atoms with Crippen LogP contribution >= 0.6 is 0 Å². The lowest BCUT2D eigenvalue weighted by Gasteiger charge is -2.22. The van der Waals surface area contributed by atoms with E-state index < -0.39 is 0 Å². The summed E-state index contributed by atoms with van der Waals surface area (Å²) in [5.74, 6) is 2.38. The zero-order chi connectivity index (χ0) is 10.8. The average Bonchev–Trinajstić information content (AvgIpc) is 2.38. The molecule has 0 radical (unpaired) electrons. The Bertz CT molecular complexity index is 336. The van der Waals surface area contributed by atoms with Crippen molar-refractivity contribution in [2.45, 2.75) is 26.4 Å². The summed E-state index contributed by atoms with van der Waals surface area (Å²) in [4.78, 5) is 9.62. The third-order valence-corrected chi connectivity index (χ3v) is 2.58. The van der Waals surface area contributed by atoms with Crippen LogP contribution in [-0.2, 0) is 4.74 Å². The van der Waals surface area contributed by atoms with E-state index in [4.69, 9.17) is 10.5 Å². The van der Waals surface area contributed by atoms with Crippen molar-refractivity contribution in [1.29, 1.82) is 0 Å². The summed E-state index contributed by atoms with van der Waals surface area (Å²) < 4.78 is 5.58. The van der Waals surface area contributed by atoms with Crippen molar-refractivity contribution in [3.8, 4) is 0 Å². The molecule has 0 saturated carbocycles. The topological polar surface area (TPSA) is 67.2 Å². The summed E-state index contributed by atoms with van der Waals surface area (Å²) in [7, 11) is 0. The molecular formula is C10H18N4O. The molecule has 1 atom stereocenters. The van der Waals surface area contributed by atoms with Crippen LogP contribution in [0, 0.1) is 6.92 Å². The van der Waals surface area contributed by atoms with E-state index >= 15 is 0 Å². The summed E-state index contributed by atoms with van der Waals surface area (Å²) in [6, 6.07) is 0. The van der Waals surface area contributed by atoms with Gasteiger partial charge in [-0.05, 0) is 20.3 Å². The smallest absolute Gasteiger partial charge is 0.171 e. The maximum absolute atomic E-state index is 5.87. The first kappa shape index (κ1) is 10.3. The van der Waals surface area contributed by atoms with Gasteiger partial charge in [-0.15, -0.1) is 0 Å². The highest BCUT2D eigenvalue weighted by molar-refractivity contribution is 5.59. The summed E-state index contributed by atoms with van der Waals surface area (Å²) >= 11 is 0. The van der Waals surface area contributed by atoms with Crippen molar-refractivity contribution in [2.24, 2.45) is 0 Å². The molecule has 2 rings (SSSR count). The number of ether oxygens (including phenoxy) is 1. The van der Waals surface area contributed by atoms with Crippen LogP contribution in [0.15, 0.2) is 0 Å². The van der Waals surface area contributed by atoms with E-state index in [1.165, 1.54) is 0 Å². The Balaban J connectivity index is 2.17. The van der Waals surface area contributed by atoms with Gasteiger partial charge in [0.1, 0.15) is 11.6 Å². The van der Waals surface area contributed by atoms with Gasteiger partial charge in [-0.1, -0.05) is 0 Å². The quantitative estimate of drug-likeness (QED) is 0.723. The van der Waals surface area contributed by atoms with Crippen LogP contribution in [0.4, 0.5) is 11.6 Å². The zero-order valence-electron chi connectivity index (χ0n) is 9.29. The molecule has 15 heavy (non-hydrogen) atoms. The molecule has 1 aliphatic rings. The second-order valence-corrected chi connectivity index (χ2v) is 4.04. The molecule has 1 unspecified atom stereocenters. The molecule has 2 heterocycles. The van der Waals surface area contributed by atoms with Crippen LogP contribution < -0.4 is 10.6 Å². The van der Waals surface area contributed by atoms with Crippen molar-refractivity contribution in [3.05, 3.63) is 5.82 Å². The van der Waals surface area contributed by atoms with Gasteiger partial charge in [0.15, 0.2) is 5.82 Å². The molecule has 0 bridgehead atoms. The number of H-pyrrole nitrogens is 1. The normalized spacial score (nSPS) is 22.8. The van der Waals surface area contributed by atoms with Crippen LogP contribution in [0.3, 0.4) is 0 Å². The van der Waals surface area contributed by atoms with Gasteiger partial charge in [0.25, 0.3) is 0 Å². The molecule has 84 valence electrons. The van der Waals surface area contributed by atoms with E-state index in [2.05, 4.69) is 21.8 Å². The van der Waals surface area contributed by atoms with Gasteiger partial charge >= 0.3 is 0 Å². The number of hydrogen-bond acceptors (Lipinski definition) is 4. The fourth-order valence-corrected chi connectivity index (χ4v) is 1.93. The molecular weight excluding hydrogens is 192 g/mol. The molecule has 5 heteroatoms. The van der Waals surface area contributed by atoms with Crippen molar-refractivity contribution in [2.75, 3.05) is 30.3 Å². The minimum atomic E-state index is 0.240. The first-order valence-electron chi connectivity index (χ1n) is 5.35. The molecule has 5 nitrogen and oxygen atoms in total. The number of imidazole rings is 1. The second kappa shape index (κ2) is 4.10. The van der Waals surface area contributed by atoms with Crippen LogP contribution in [0.5, 0.6) is 0 Å². The van der Waals surface area contributed by atoms with E-state index in [0.29, 0.717) is 5.82 Å². The lowest BCUT2D eigenvalue weighted by molar-refractivity contribution is 0.0820. The summed E-state index contributed by atoms with van der Waals surface area (Å²) in [5, 5.41) is 0. The number of aromatic amines is 1. The molecule has 0 amide bonds. The van der Waals surface area contributed by atoms with E-state index in [1.807, 2.05) is 6.92 Å². The van der Waals surface area contributed by atoms with Gasteiger partial charge in [-0.2, -0.15) is 0 Å². The van der Waals surface area contributed by atoms with Gasteiger partial charge in [0, 0.05) is 19.7 Å². The van der Waals surface area contributed by atoms with E-state index in [9.17, 15) is 0 Å². The van der Waals surface area contributed by atoms with E-state index in [1.54, 1.807) is 0 Å². The van der Waals surface area contributed by atoms with Crippen molar-refractivity contribution >= 4 is 11.6 Å². The van der Waals surface area contributed by atoms with Crippen LogP contribution in [-0.4, -0.2) is 35.8 Å². The highest BCUT2D eigenvalue weighted by Crippen LogP contribution is 2.21. The predicted octanol–water partition coefficient (Wildman–Crippen LogP) is 0.916. The Morgan fingerprint density at radius 1 is 1.60 bits per heavy atom. The number of nitrogens with two attached hydrogens (primary N) is 1. The SMILES string of the molecule is Cc1nc(N2CCCOC(C)C2)c(N)[nH]1. The third-order valence-electron chi connectivity index (χ3n) is 2.58. The van der Waals surface area contributed by atoms with Crippen molar-refractivity contribution < 1.29 is 4.74 Å². The van der Waals surface area contributed by atoms with E-state index in [-0.39, 0.29) is 6.10 Å². The maximum atomic E-state index is 5.87. The number of nitrogens with one attached hydrogen (secondary N) is 1. The van der Waals surface area contributed by atoms with Gasteiger partial charge in [0.05, 0.1) is 6.10 Å². The minimum absolute atomic E-state index is 0.240. The summed E-state index contributed by atoms with van der Waals surface area (Å²) in [6.07, 6.45) is 1.26. The van der Waals surface area contributed by atoms with Crippen LogP contribution in [0.25, 0.3) is 0 Å². The average molecular weight is 210 g/mol. The Morgan fingerprint density at radius 2 is 2.40 bits per heavy atom. The summed E-state index contributed by atoms with van der Waals surface area (Å²) in [5.41, 5.74) is 5.87. The molecule has 1 aromatic heterocycles. The number of nitrogens with zero attached hydrogens (tertiary/aromatic N) is 2. The number of hydrogen-bond donors (Lipinski definition) is 2. The first-order chi connectivity index (χ1) is 7.16. The number of aryl methyl sites for hydroxylation is 1. The van der Waals surface area contributed by atoms with E-state index in [0.717, 1.165) is 37.8 Å². The zero-order valence-corrected chi connectivity index (χ0v) is 9.29. The molecule has 0 aliphatic carbocycles. The monoisotopic (exact) mass is 210 g/mol. The third kappa shape index (κ3) is 2.23. The molecule has 1 aromatic rings. The highest BCUT2D eigenvalue weighted by atomic mass is 16.5. The number of aromatic nitrogens is 2. The van der Waals surface area contributed by atoms with Gasteiger partial charge in [-0.3, -0.25) is 0 Å². The Kier molecular flexibility index (Phi) is 2.81. The Labute approximate surface area is 89.6 Å². The predicted molar refractivity (Wildman–Crippen MR) is 60.0 cm³/mol. The molecule has 1 saturated heterocycles. The maximum Gasteiger partial charge on any atom is 0.171 e. The fraction of sp³-hybridized carbons (Fsp3) is 0.700. The molecule has 1 aliphatic heterocycles. The largest absolute Gasteiger partial charge is 0.382 e. The summed E-state index contributed by atoms with van der Waals surface area (Å²) in [6.45, 7) is 6.62. The fourth-order valence-electron chi connectivity index (χ4n) is 1.93. The Hall–Kier alpha value is -1.23. The van der Waals surface area contributed by atoms with Crippen LogP contribution in [0.1, 0.15) is 19.2 Å². The number of rotatable bonds is 1. The van der Waals surface area contributed by atoms with Gasteiger partial charge in [-0.25, -0.2) is 4.98 Å². The first-order valence-corrected chi connectivity index (χ1v) is 5.35. The van der Waals surface area contributed by atoms with Gasteiger partial charge < -0.3 is 20.4 Å². The second-order valence-electron chi connectivity index (χ2n) is 4.04. The highest BCUT2D eigenvalue weighted by Gasteiger charge is 2.19. The van der Waals surface area contributed by atoms with Gasteiger partial charge in [0.2, 0.25) is 0 Å². The molecule has 0 aromatic carbocycles.